The van der Waals surface area contributed by atoms with Crippen LogP contribution in [0.25, 0.3) is 22.5 Å². The van der Waals surface area contributed by atoms with E-state index in [9.17, 15) is 0 Å². The van der Waals surface area contributed by atoms with Crippen LogP contribution in [0.2, 0.25) is 0 Å². The van der Waals surface area contributed by atoms with E-state index in [4.69, 9.17) is 4.98 Å². The Morgan fingerprint density at radius 1 is 1.04 bits per heavy atom. The highest BCUT2D eigenvalue weighted by Crippen LogP contribution is 2.33. The van der Waals surface area contributed by atoms with Crippen LogP contribution in [0.3, 0.4) is 0 Å². The van der Waals surface area contributed by atoms with Crippen LogP contribution in [0.1, 0.15) is 11.4 Å². The first-order chi connectivity index (χ1) is 12.9. The number of nitrogens with one attached hydrogen (secondary N) is 1. The van der Waals surface area contributed by atoms with Crippen LogP contribution in [0.15, 0.2) is 90.1 Å². The van der Waals surface area contributed by atoms with Crippen LogP contribution < -0.4 is 0 Å². The van der Waals surface area contributed by atoms with Gasteiger partial charge in [-0.3, -0.25) is 14.4 Å². The van der Waals surface area contributed by atoms with Crippen LogP contribution in [0.5, 0.6) is 0 Å². The Morgan fingerprint density at radius 3 is 2.81 bits per heavy atom. The molecule has 5 nitrogen and oxygen atoms in total. The Bertz CT molecular complexity index is 1150. The predicted molar refractivity (Wildman–Crippen MR) is 103 cm³/mol. The molecule has 0 unspecified atom stereocenters. The normalized spacial score (nSPS) is 15.1. The summed E-state index contributed by atoms with van der Waals surface area (Å²) in [6.45, 7) is 0. The zero-order valence-corrected chi connectivity index (χ0v) is 13.9. The van der Waals surface area contributed by atoms with Gasteiger partial charge in [-0.1, -0.05) is 6.07 Å². The maximum atomic E-state index is 5.00. The highest BCUT2D eigenvalue weighted by atomic mass is 15.0. The highest BCUT2D eigenvalue weighted by molar-refractivity contribution is 5.92. The fourth-order valence-corrected chi connectivity index (χ4v) is 3.24. The van der Waals surface area contributed by atoms with Gasteiger partial charge < -0.3 is 4.98 Å². The van der Waals surface area contributed by atoms with Gasteiger partial charge in [0.05, 0.1) is 16.8 Å². The second kappa shape index (κ2) is 5.97. The summed E-state index contributed by atoms with van der Waals surface area (Å²) in [7, 11) is 0. The number of aliphatic imine (C=N–C) groups is 1. The van der Waals surface area contributed by atoms with Gasteiger partial charge >= 0.3 is 0 Å². The van der Waals surface area contributed by atoms with Gasteiger partial charge in [-0.05, 0) is 48.6 Å². The van der Waals surface area contributed by atoms with Crippen molar-refractivity contribution in [2.75, 3.05) is 0 Å². The molecule has 0 fully saturated rings. The van der Waals surface area contributed by atoms with E-state index in [2.05, 4.69) is 25.4 Å². The quantitative estimate of drug-likeness (QED) is 0.611. The average Bonchev–Trinajstić information content (AvgIpc) is 3.46. The molecular formula is C21H15N5. The Hall–Kier alpha value is -3.73. The molecule has 1 aliphatic rings. The van der Waals surface area contributed by atoms with Crippen LogP contribution >= 0.6 is 0 Å². The number of imidazole rings is 1. The molecule has 5 heterocycles. The molecular weight excluding hydrogens is 322 g/mol. The molecule has 0 amide bonds. The van der Waals surface area contributed by atoms with E-state index in [1.165, 1.54) is 0 Å². The average molecular weight is 337 g/mol. The number of allylic oxidation sites excluding steroid dienone is 2. The van der Waals surface area contributed by atoms with Crippen molar-refractivity contribution in [1.29, 1.82) is 0 Å². The Balaban J connectivity index is 1.83. The summed E-state index contributed by atoms with van der Waals surface area (Å²) in [6, 6.07) is 14.1. The molecule has 5 rings (SSSR count). The van der Waals surface area contributed by atoms with Crippen LogP contribution in [-0.2, 0) is 0 Å². The number of hydrogen-bond acceptors (Lipinski definition) is 3. The number of nitrogens with zero attached hydrogens (tertiary/aromatic N) is 4. The summed E-state index contributed by atoms with van der Waals surface area (Å²) < 4.78 is 2.10. The van der Waals surface area contributed by atoms with E-state index >= 15 is 0 Å². The first-order valence-corrected chi connectivity index (χ1v) is 8.38. The maximum absolute atomic E-state index is 5.00. The molecule has 0 bridgehead atoms. The van der Waals surface area contributed by atoms with Crippen molar-refractivity contribution in [1.82, 2.24) is 19.4 Å². The molecule has 0 saturated heterocycles. The van der Waals surface area contributed by atoms with Gasteiger partial charge in [0.2, 0.25) is 0 Å². The minimum Gasteiger partial charge on any atom is -0.361 e. The minimum atomic E-state index is 0.860. The lowest BCUT2D eigenvalue weighted by Crippen LogP contribution is -1.93. The first kappa shape index (κ1) is 14.6. The third-order valence-electron chi connectivity index (χ3n) is 4.38. The third kappa shape index (κ3) is 2.29. The van der Waals surface area contributed by atoms with Gasteiger partial charge in [-0.15, -0.1) is 0 Å². The number of hydrogen-bond donors (Lipinski definition) is 1. The molecule has 0 atom stereocenters. The smallest absolute Gasteiger partial charge is 0.146 e. The van der Waals surface area contributed by atoms with E-state index < -0.39 is 0 Å². The molecule has 0 aliphatic carbocycles. The molecule has 5 heteroatoms. The number of fused-ring (bicyclic) bond motifs is 1. The van der Waals surface area contributed by atoms with Crippen molar-refractivity contribution in [3.63, 3.8) is 0 Å². The maximum Gasteiger partial charge on any atom is 0.146 e. The van der Waals surface area contributed by atoms with Gasteiger partial charge in [0.15, 0.2) is 0 Å². The summed E-state index contributed by atoms with van der Waals surface area (Å²) in [5.74, 6) is 0.860. The van der Waals surface area contributed by atoms with Gasteiger partial charge in [-0.25, -0.2) is 4.98 Å². The first-order valence-electron chi connectivity index (χ1n) is 8.38. The lowest BCUT2D eigenvalue weighted by molar-refractivity contribution is 1.15. The summed E-state index contributed by atoms with van der Waals surface area (Å²) in [4.78, 5) is 17.1. The van der Waals surface area contributed by atoms with E-state index in [-0.39, 0.29) is 0 Å². The second-order valence-corrected chi connectivity index (χ2v) is 5.96. The van der Waals surface area contributed by atoms with Gasteiger partial charge in [-0.2, -0.15) is 0 Å². The Labute approximate surface area is 150 Å². The van der Waals surface area contributed by atoms with E-state index in [1.807, 2.05) is 67.1 Å². The SMILES string of the molecule is C1=C/C(=C(/c2ccc[nH]2)c2nc(-c3cccnc3)n3ccccc23)N=C1. The van der Waals surface area contributed by atoms with Crippen LogP contribution in [0, 0.1) is 0 Å². The summed E-state index contributed by atoms with van der Waals surface area (Å²) in [6.07, 6.45) is 13.3. The van der Waals surface area contributed by atoms with E-state index in [0.717, 1.165) is 39.6 Å². The molecule has 4 aromatic rings. The Kier molecular flexibility index (Phi) is 3.35. The van der Waals surface area contributed by atoms with Crippen molar-refractivity contribution in [2.45, 2.75) is 0 Å². The molecule has 0 saturated carbocycles. The number of pyridine rings is 2. The fraction of sp³-hybridized carbons (Fsp3) is 0. The van der Waals surface area contributed by atoms with Crippen molar-refractivity contribution in [3.05, 3.63) is 96.5 Å². The molecule has 0 aromatic carbocycles. The lowest BCUT2D eigenvalue weighted by atomic mass is 10.1. The van der Waals surface area contributed by atoms with Gasteiger partial charge in [0, 0.05) is 42.3 Å². The topological polar surface area (TPSA) is 58.3 Å². The predicted octanol–water partition coefficient (Wildman–Crippen LogP) is 4.12. The highest BCUT2D eigenvalue weighted by Gasteiger charge is 2.20. The molecule has 124 valence electrons. The van der Waals surface area contributed by atoms with E-state index in [1.54, 1.807) is 12.4 Å². The Morgan fingerprint density at radius 2 is 2.04 bits per heavy atom. The number of aromatic nitrogens is 4. The van der Waals surface area contributed by atoms with Gasteiger partial charge in [0.1, 0.15) is 11.5 Å². The van der Waals surface area contributed by atoms with Crippen LogP contribution in [0.4, 0.5) is 0 Å². The number of aromatic amines is 1. The second-order valence-electron chi connectivity index (χ2n) is 5.96. The van der Waals surface area contributed by atoms with Crippen LogP contribution in [-0.4, -0.2) is 25.6 Å². The number of rotatable bonds is 3. The van der Waals surface area contributed by atoms with Crippen molar-refractivity contribution in [3.8, 4) is 11.4 Å². The third-order valence-corrected chi connectivity index (χ3v) is 4.38. The molecule has 0 spiro atoms. The van der Waals surface area contributed by atoms with Crippen molar-refractivity contribution >= 4 is 17.3 Å². The molecule has 26 heavy (non-hydrogen) atoms. The zero-order valence-electron chi connectivity index (χ0n) is 13.9. The standard InChI is InChI=1S/C21H15N5/c1-2-13-26-18(9-1)20(25-21(26)15-6-3-10-22-14-15)19(16-7-4-11-23-16)17-8-5-12-24-17/h1-14,23H/b19-17+. The van der Waals surface area contributed by atoms with Crippen molar-refractivity contribution < 1.29 is 0 Å². The summed E-state index contributed by atoms with van der Waals surface area (Å²) in [5.41, 5.74) is 5.77. The lowest BCUT2D eigenvalue weighted by Gasteiger charge is -2.06. The minimum absolute atomic E-state index is 0.860. The molecule has 1 N–H and O–H groups in total. The summed E-state index contributed by atoms with van der Waals surface area (Å²) in [5, 5.41) is 0. The molecule has 0 radical (unpaired) electrons. The molecule has 1 aliphatic heterocycles. The van der Waals surface area contributed by atoms with Crippen molar-refractivity contribution in [2.24, 2.45) is 4.99 Å². The summed E-state index contributed by atoms with van der Waals surface area (Å²) >= 11 is 0. The zero-order chi connectivity index (χ0) is 17.3. The monoisotopic (exact) mass is 337 g/mol. The largest absolute Gasteiger partial charge is 0.361 e. The fourth-order valence-electron chi connectivity index (χ4n) is 3.24. The molecule has 4 aromatic heterocycles. The van der Waals surface area contributed by atoms with Gasteiger partial charge in [0.25, 0.3) is 0 Å². The number of H-pyrrole nitrogens is 1. The van der Waals surface area contributed by atoms with E-state index in [0.29, 0.717) is 0 Å².